The average molecular weight is 314 g/mol. The van der Waals surface area contributed by atoms with E-state index in [9.17, 15) is 8.42 Å². The van der Waals surface area contributed by atoms with E-state index in [4.69, 9.17) is 0 Å². The summed E-state index contributed by atoms with van der Waals surface area (Å²) in [5, 5.41) is 8.90. The molecule has 0 unspecified atom stereocenters. The Labute approximate surface area is 122 Å². The van der Waals surface area contributed by atoms with Crippen molar-refractivity contribution in [2.75, 3.05) is 13.6 Å². The molecule has 20 heavy (non-hydrogen) atoms. The monoisotopic (exact) mass is 314 g/mol. The van der Waals surface area contributed by atoms with Crippen molar-refractivity contribution < 1.29 is 8.42 Å². The van der Waals surface area contributed by atoms with Crippen LogP contribution in [0.1, 0.15) is 10.4 Å². The Balaban J connectivity index is 2.08. The number of nitrogens with one attached hydrogen (secondary N) is 2. The molecular weight excluding hydrogens is 296 g/mol. The van der Waals surface area contributed by atoms with E-state index in [1.165, 1.54) is 11.3 Å². The molecule has 2 rings (SSSR count). The maximum absolute atomic E-state index is 12.4. The molecule has 0 aromatic carbocycles. The van der Waals surface area contributed by atoms with Crippen LogP contribution in [-0.4, -0.2) is 31.8 Å². The van der Waals surface area contributed by atoms with Gasteiger partial charge in [-0.25, -0.2) is 13.1 Å². The first-order valence-electron chi connectivity index (χ1n) is 6.23. The predicted octanol–water partition coefficient (Wildman–Crippen LogP) is 0.951. The predicted molar refractivity (Wildman–Crippen MR) is 79.2 cm³/mol. The molecule has 0 amide bonds. The Hall–Kier alpha value is -1.22. The van der Waals surface area contributed by atoms with E-state index in [1.807, 2.05) is 18.4 Å². The van der Waals surface area contributed by atoms with Gasteiger partial charge in [0.05, 0.1) is 6.54 Å². The van der Waals surface area contributed by atoms with Crippen molar-refractivity contribution in [2.24, 2.45) is 0 Å². The van der Waals surface area contributed by atoms with E-state index in [0.29, 0.717) is 24.5 Å². The van der Waals surface area contributed by atoms with Gasteiger partial charge in [-0.15, -0.1) is 11.3 Å². The fourth-order valence-corrected chi connectivity index (χ4v) is 4.77. The number of thiophene rings is 1. The zero-order chi connectivity index (χ0) is 14.6. The molecule has 2 N–H and O–H groups in total. The van der Waals surface area contributed by atoms with Gasteiger partial charge in [-0.1, -0.05) is 0 Å². The Kier molecular flexibility index (Phi) is 4.92. The first kappa shape index (κ1) is 15.2. The summed E-state index contributed by atoms with van der Waals surface area (Å²) in [6.07, 6.45) is 3.47. The fraction of sp³-hybridized carbons (Fsp3) is 0.417. The van der Waals surface area contributed by atoms with Crippen LogP contribution in [0.5, 0.6) is 0 Å². The molecule has 0 fully saturated rings. The lowest BCUT2D eigenvalue weighted by Crippen LogP contribution is -2.28. The molecule has 0 radical (unpaired) electrons. The van der Waals surface area contributed by atoms with Crippen molar-refractivity contribution in [2.45, 2.75) is 24.9 Å². The minimum absolute atomic E-state index is 0.318. The molecule has 0 aliphatic rings. The lowest BCUT2D eigenvalue weighted by molar-refractivity contribution is 0.559. The van der Waals surface area contributed by atoms with Gasteiger partial charge in [0.15, 0.2) is 0 Å². The molecule has 110 valence electrons. The van der Waals surface area contributed by atoms with E-state index in [1.54, 1.807) is 24.1 Å². The van der Waals surface area contributed by atoms with Crippen LogP contribution < -0.4 is 10.0 Å². The molecule has 0 saturated carbocycles. The maximum Gasteiger partial charge on any atom is 0.242 e. The third-order valence-corrected chi connectivity index (χ3v) is 5.71. The summed E-state index contributed by atoms with van der Waals surface area (Å²) in [5.41, 5.74) is 0.784. The molecule has 2 aromatic rings. The highest BCUT2D eigenvalue weighted by Gasteiger charge is 2.22. The molecule has 0 bridgehead atoms. The largest absolute Gasteiger partial charge is 0.315 e. The van der Waals surface area contributed by atoms with Gasteiger partial charge in [-0.05, 0) is 31.0 Å². The van der Waals surface area contributed by atoms with E-state index < -0.39 is 10.0 Å². The minimum Gasteiger partial charge on any atom is -0.315 e. The van der Waals surface area contributed by atoms with E-state index in [2.05, 4.69) is 15.1 Å². The number of sulfonamides is 1. The average Bonchev–Trinajstić information content (AvgIpc) is 3.00. The van der Waals surface area contributed by atoms with E-state index in [-0.39, 0.29) is 0 Å². The smallest absolute Gasteiger partial charge is 0.242 e. The summed E-state index contributed by atoms with van der Waals surface area (Å²) in [6, 6.07) is 1.81. The van der Waals surface area contributed by atoms with Crippen LogP contribution in [0, 0.1) is 6.92 Å². The zero-order valence-electron chi connectivity index (χ0n) is 11.5. The molecule has 2 aromatic heterocycles. The molecule has 0 saturated heterocycles. The summed E-state index contributed by atoms with van der Waals surface area (Å²) in [5.74, 6) is 0. The molecule has 0 spiro atoms. The number of hydrogen-bond acceptors (Lipinski definition) is 5. The van der Waals surface area contributed by atoms with Crippen molar-refractivity contribution >= 4 is 21.4 Å². The topological polar surface area (TPSA) is 76.0 Å². The zero-order valence-corrected chi connectivity index (χ0v) is 13.1. The molecule has 0 aliphatic carbocycles. The van der Waals surface area contributed by atoms with Crippen LogP contribution in [0.3, 0.4) is 0 Å². The normalized spacial score (nSPS) is 11.9. The highest BCUT2D eigenvalue weighted by molar-refractivity contribution is 7.89. The van der Waals surface area contributed by atoms with Crippen LogP contribution in [-0.2, 0) is 23.1 Å². The second-order valence-corrected chi connectivity index (χ2v) is 7.04. The number of aryl methyl sites for hydroxylation is 1. The van der Waals surface area contributed by atoms with Crippen LogP contribution in [0.4, 0.5) is 0 Å². The van der Waals surface area contributed by atoms with Crippen LogP contribution in [0.15, 0.2) is 28.7 Å². The summed E-state index contributed by atoms with van der Waals surface area (Å²) < 4.78 is 29.1. The second-order valence-electron chi connectivity index (χ2n) is 4.37. The standard InChI is InChI=1S/C12H18N4O2S2/c1-10-9-19-11(8-13-2)12(10)20(17,18)15-5-7-16-6-3-4-14-16/h3-4,6,9,13,15H,5,7-8H2,1-2H3. The molecule has 2 heterocycles. The van der Waals surface area contributed by atoms with Gasteiger partial charge in [0, 0.05) is 30.4 Å². The third-order valence-electron chi connectivity index (χ3n) is 2.79. The summed E-state index contributed by atoms with van der Waals surface area (Å²) in [6.45, 7) is 3.20. The van der Waals surface area contributed by atoms with Crippen molar-refractivity contribution in [1.82, 2.24) is 19.8 Å². The lowest BCUT2D eigenvalue weighted by Gasteiger charge is -2.09. The Morgan fingerprint density at radius 2 is 2.25 bits per heavy atom. The number of hydrogen-bond donors (Lipinski definition) is 2. The van der Waals surface area contributed by atoms with Gasteiger partial charge in [0.2, 0.25) is 10.0 Å². The van der Waals surface area contributed by atoms with Crippen molar-refractivity contribution in [3.8, 4) is 0 Å². The molecule has 8 heteroatoms. The lowest BCUT2D eigenvalue weighted by atomic mass is 10.3. The van der Waals surface area contributed by atoms with Crippen LogP contribution in [0.2, 0.25) is 0 Å². The van der Waals surface area contributed by atoms with Gasteiger partial charge in [0.25, 0.3) is 0 Å². The Morgan fingerprint density at radius 3 is 2.90 bits per heavy atom. The van der Waals surface area contributed by atoms with Gasteiger partial charge >= 0.3 is 0 Å². The van der Waals surface area contributed by atoms with Gasteiger partial charge in [-0.2, -0.15) is 5.10 Å². The second kappa shape index (κ2) is 6.49. The van der Waals surface area contributed by atoms with Gasteiger partial charge in [-0.3, -0.25) is 4.68 Å². The highest BCUT2D eigenvalue weighted by atomic mass is 32.2. The highest BCUT2D eigenvalue weighted by Crippen LogP contribution is 2.26. The third kappa shape index (κ3) is 3.45. The van der Waals surface area contributed by atoms with Crippen molar-refractivity contribution in [3.05, 3.63) is 34.3 Å². The quantitative estimate of drug-likeness (QED) is 0.798. The van der Waals surface area contributed by atoms with Crippen molar-refractivity contribution in [3.63, 3.8) is 0 Å². The van der Waals surface area contributed by atoms with Gasteiger partial charge in [0.1, 0.15) is 4.90 Å². The summed E-state index contributed by atoms with van der Waals surface area (Å²) >= 11 is 1.46. The molecule has 6 nitrogen and oxygen atoms in total. The van der Waals surface area contributed by atoms with Gasteiger partial charge < -0.3 is 5.32 Å². The van der Waals surface area contributed by atoms with Crippen LogP contribution in [0.25, 0.3) is 0 Å². The van der Waals surface area contributed by atoms with Crippen molar-refractivity contribution in [1.29, 1.82) is 0 Å². The molecule has 0 aliphatic heterocycles. The minimum atomic E-state index is -3.47. The fourth-order valence-electron chi connectivity index (χ4n) is 1.93. The Bertz CT molecular complexity index is 647. The number of nitrogens with zero attached hydrogens (tertiary/aromatic N) is 2. The van der Waals surface area contributed by atoms with Crippen LogP contribution >= 0.6 is 11.3 Å². The Morgan fingerprint density at radius 1 is 1.45 bits per heavy atom. The summed E-state index contributed by atoms with van der Waals surface area (Å²) in [7, 11) is -1.67. The van der Waals surface area contributed by atoms with E-state index >= 15 is 0 Å². The number of rotatable bonds is 7. The first-order valence-corrected chi connectivity index (χ1v) is 8.59. The first-order chi connectivity index (χ1) is 9.54. The van der Waals surface area contributed by atoms with E-state index in [0.717, 1.165) is 10.4 Å². The maximum atomic E-state index is 12.4. The number of aromatic nitrogens is 2. The SMILES string of the molecule is CNCc1scc(C)c1S(=O)(=O)NCCn1cccn1. The molecule has 0 atom stereocenters. The molecular formula is C12H18N4O2S2. The summed E-state index contributed by atoms with van der Waals surface area (Å²) in [4.78, 5) is 1.23.